The van der Waals surface area contributed by atoms with Crippen molar-refractivity contribution in [3.05, 3.63) is 85.1 Å². The Morgan fingerprint density at radius 2 is 0.695 bits per heavy atom. The van der Waals surface area contributed by atoms with Gasteiger partial charge in [-0.3, -0.25) is 14.4 Å². The van der Waals surface area contributed by atoms with Crippen molar-refractivity contribution in [1.82, 2.24) is 0 Å². The van der Waals surface area contributed by atoms with Crippen molar-refractivity contribution in [3.8, 4) is 0 Å². The van der Waals surface area contributed by atoms with Crippen LogP contribution in [0.5, 0.6) is 0 Å². The van der Waals surface area contributed by atoms with E-state index in [1.807, 2.05) is 0 Å². The van der Waals surface area contributed by atoms with Gasteiger partial charge in [0.25, 0.3) is 0 Å². The minimum absolute atomic E-state index is 0.0958. The van der Waals surface area contributed by atoms with Crippen LogP contribution in [0.15, 0.2) is 85.1 Å². The van der Waals surface area contributed by atoms with Crippen LogP contribution in [0.1, 0.15) is 213 Å². The molecule has 0 saturated carbocycles. The van der Waals surface area contributed by atoms with Crippen LogP contribution >= 0.6 is 0 Å². The summed E-state index contributed by atoms with van der Waals surface area (Å²) < 4.78 is 16.7. The number of carbonyl (C=O) groups excluding carboxylic acids is 3. The molecule has 336 valence electrons. The molecular formula is C53H88O6. The van der Waals surface area contributed by atoms with E-state index in [1.165, 1.54) is 32.1 Å². The fraction of sp³-hybridized carbons (Fsp3) is 0.679. The monoisotopic (exact) mass is 821 g/mol. The molecule has 0 fully saturated rings. The Hall–Kier alpha value is -3.41. The Morgan fingerprint density at radius 3 is 1.12 bits per heavy atom. The smallest absolute Gasteiger partial charge is 0.306 e. The van der Waals surface area contributed by atoms with Crippen LogP contribution in [0.2, 0.25) is 0 Å². The van der Waals surface area contributed by atoms with E-state index in [1.54, 1.807) is 0 Å². The number of unbranched alkanes of at least 4 members (excludes halogenated alkanes) is 17. The highest BCUT2D eigenvalue weighted by Gasteiger charge is 2.19. The van der Waals surface area contributed by atoms with Crippen molar-refractivity contribution in [2.45, 2.75) is 219 Å². The summed E-state index contributed by atoms with van der Waals surface area (Å²) >= 11 is 0. The van der Waals surface area contributed by atoms with E-state index in [0.29, 0.717) is 19.3 Å². The Morgan fingerprint density at radius 1 is 0.356 bits per heavy atom. The lowest BCUT2D eigenvalue weighted by atomic mass is 10.1. The van der Waals surface area contributed by atoms with Gasteiger partial charge in [-0.25, -0.2) is 0 Å². The molecule has 0 aliphatic rings. The molecule has 0 saturated heterocycles. The van der Waals surface area contributed by atoms with Gasteiger partial charge in [-0.05, 0) is 103 Å². The zero-order valence-electron chi connectivity index (χ0n) is 38.2. The third kappa shape index (κ3) is 45.5. The molecule has 1 unspecified atom stereocenters. The normalized spacial score (nSPS) is 12.8. The molecule has 0 aromatic heterocycles. The van der Waals surface area contributed by atoms with Crippen LogP contribution in [-0.4, -0.2) is 37.2 Å². The average Bonchev–Trinajstić information content (AvgIpc) is 3.23. The first-order valence-corrected chi connectivity index (χ1v) is 24.1. The second-order valence-electron chi connectivity index (χ2n) is 15.6. The first-order valence-electron chi connectivity index (χ1n) is 24.1. The number of rotatable bonds is 42. The second-order valence-corrected chi connectivity index (χ2v) is 15.6. The standard InChI is InChI=1S/C53H88O6/c1-4-7-10-13-16-19-22-24-25-26-27-29-31-34-37-40-43-46-52(55)58-49-50(48-57-51(54)45-42-39-36-33-30-21-18-15-12-9-6-3)59-53(56)47-44-41-38-35-32-28-23-20-17-14-11-8-5-2/h7,10-11,14-16,18-20,23-25,27,29,50H,4-6,8-9,12-13,17,21-22,26,28,30-49H2,1-3H3/b10-7-,14-11-,18-15-,19-16-,23-20-,25-24-,29-27-. The molecule has 6 nitrogen and oxygen atoms in total. The van der Waals surface area contributed by atoms with Gasteiger partial charge in [-0.15, -0.1) is 0 Å². The number of hydrogen-bond donors (Lipinski definition) is 0. The van der Waals surface area contributed by atoms with E-state index < -0.39 is 6.10 Å². The fourth-order valence-electron chi connectivity index (χ4n) is 6.21. The lowest BCUT2D eigenvalue weighted by Gasteiger charge is -2.18. The lowest BCUT2D eigenvalue weighted by Crippen LogP contribution is -2.30. The van der Waals surface area contributed by atoms with Crippen molar-refractivity contribution < 1.29 is 28.6 Å². The van der Waals surface area contributed by atoms with E-state index in [9.17, 15) is 14.4 Å². The number of carbonyl (C=O) groups is 3. The fourth-order valence-corrected chi connectivity index (χ4v) is 6.21. The third-order valence-electron chi connectivity index (χ3n) is 9.83. The number of allylic oxidation sites excluding steroid dienone is 14. The molecule has 0 spiro atoms. The van der Waals surface area contributed by atoms with E-state index in [2.05, 4.69) is 106 Å². The van der Waals surface area contributed by atoms with Crippen LogP contribution in [0.4, 0.5) is 0 Å². The number of hydrogen-bond acceptors (Lipinski definition) is 6. The summed E-state index contributed by atoms with van der Waals surface area (Å²) in [5.74, 6) is -0.950. The van der Waals surface area contributed by atoms with Crippen LogP contribution in [0.3, 0.4) is 0 Å². The largest absolute Gasteiger partial charge is 0.462 e. The predicted molar refractivity (Wildman–Crippen MR) is 251 cm³/mol. The highest BCUT2D eigenvalue weighted by Crippen LogP contribution is 2.13. The Balaban J connectivity index is 4.45. The highest BCUT2D eigenvalue weighted by molar-refractivity contribution is 5.71. The van der Waals surface area contributed by atoms with Crippen LogP contribution in [0, 0.1) is 0 Å². The maximum atomic E-state index is 12.7. The topological polar surface area (TPSA) is 78.9 Å². The first kappa shape index (κ1) is 55.6. The molecule has 0 N–H and O–H groups in total. The van der Waals surface area contributed by atoms with Crippen molar-refractivity contribution >= 4 is 17.9 Å². The molecule has 0 aliphatic heterocycles. The van der Waals surface area contributed by atoms with Gasteiger partial charge in [0, 0.05) is 19.3 Å². The minimum atomic E-state index is -0.796. The average molecular weight is 821 g/mol. The van der Waals surface area contributed by atoms with Crippen molar-refractivity contribution in [1.29, 1.82) is 0 Å². The summed E-state index contributed by atoms with van der Waals surface area (Å²) in [5.41, 5.74) is 0. The molecule has 1 atom stereocenters. The summed E-state index contributed by atoms with van der Waals surface area (Å²) in [6, 6.07) is 0. The third-order valence-corrected chi connectivity index (χ3v) is 9.83. The molecule has 0 rings (SSSR count). The summed E-state index contributed by atoms with van der Waals surface area (Å²) in [4.78, 5) is 37.8. The number of esters is 3. The first-order chi connectivity index (χ1) is 29.0. The van der Waals surface area contributed by atoms with Crippen LogP contribution < -0.4 is 0 Å². The van der Waals surface area contributed by atoms with Gasteiger partial charge in [0.2, 0.25) is 0 Å². The van der Waals surface area contributed by atoms with Gasteiger partial charge in [0.05, 0.1) is 0 Å². The summed E-state index contributed by atoms with van der Waals surface area (Å²) in [6.45, 7) is 6.36. The van der Waals surface area contributed by atoms with E-state index in [-0.39, 0.29) is 31.1 Å². The SMILES string of the molecule is CC/C=C\C/C=C\C/C=C\C/C=C\CCCCCCC(=O)OCC(COC(=O)CCCCCCC/C=C\CCCC)OC(=O)CCCCCCC/C=C\C/C=C\CCC. The zero-order chi connectivity index (χ0) is 43.0. The second kappa shape index (κ2) is 47.3. The highest BCUT2D eigenvalue weighted by atomic mass is 16.6. The van der Waals surface area contributed by atoms with E-state index in [0.717, 1.165) is 141 Å². The van der Waals surface area contributed by atoms with Gasteiger partial charge in [0.15, 0.2) is 6.10 Å². The Kier molecular flexibility index (Phi) is 44.5. The molecule has 0 amide bonds. The molecule has 0 radical (unpaired) electrons. The predicted octanol–water partition coefficient (Wildman–Crippen LogP) is 15.6. The van der Waals surface area contributed by atoms with Crippen LogP contribution in [-0.2, 0) is 28.6 Å². The molecule has 6 heteroatoms. The van der Waals surface area contributed by atoms with Gasteiger partial charge in [0.1, 0.15) is 13.2 Å². The number of ether oxygens (including phenoxy) is 3. The molecule has 0 aromatic rings. The van der Waals surface area contributed by atoms with E-state index >= 15 is 0 Å². The van der Waals surface area contributed by atoms with Gasteiger partial charge < -0.3 is 14.2 Å². The summed E-state index contributed by atoms with van der Waals surface area (Å²) in [7, 11) is 0. The Labute approximate surface area is 363 Å². The van der Waals surface area contributed by atoms with Gasteiger partial charge in [-0.1, -0.05) is 176 Å². The molecule has 0 aliphatic carbocycles. The lowest BCUT2D eigenvalue weighted by molar-refractivity contribution is -0.167. The molecule has 59 heavy (non-hydrogen) atoms. The van der Waals surface area contributed by atoms with Crippen LogP contribution in [0.25, 0.3) is 0 Å². The van der Waals surface area contributed by atoms with Crippen molar-refractivity contribution in [2.75, 3.05) is 13.2 Å². The minimum Gasteiger partial charge on any atom is -0.462 e. The zero-order valence-corrected chi connectivity index (χ0v) is 38.2. The quantitative estimate of drug-likeness (QED) is 0.0264. The summed E-state index contributed by atoms with van der Waals surface area (Å²) in [6.07, 6.45) is 59.9. The maximum Gasteiger partial charge on any atom is 0.306 e. The molecule has 0 aromatic carbocycles. The molecule has 0 heterocycles. The van der Waals surface area contributed by atoms with Gasteiger partial charge >= 0.3 is 17.9 Å². The maximum absolute atomic E-state index is 12.7. The van der Waals surface area contributed by atoms with Gasteiger partial charge in [-0.2, -0.15) is 0 Å². The van der Waals surface area contributed by atoms with Crippen molar-refractivity contribution in [2.24, 2.45) is 0 Å². The summed E-state index contributed by atoms with van der Waals surface area (Å²) in [5, 5.41) is 0. The molecule has 0 bridgehead atoms. The Bertz CT molecular complexity index is 1170. The van der Waals surface area contributed by atoms with Crippen molar-refractivity contribution in [3.63, 3.8) is 0 Å². The molecular weight excluding hydrogens is 733 g/mol. The van der Waals surface area contributed by atoms with E-state index in [4.69, 9.17) is 14.2 Å².